The van der Waals surface area contributed by atoms with Crippen LogP contribution in [0.3, 0.4) is 0 Å². The number of pyridine rings is 1. The van der Waals surface area contributed by atoms with E-state index in [-0.39, 0.29) is 18.0 Å². The average molecular weight is 502 g/mol. The highest BCUT2D eigenvalue weighted by molar-refractivity contribution is 5.85. The van der Waals surface area contributed by atoms with Gasteiger partial charge in [0.2, 0.25) is 0 Å². The summed E-state index contributed by atoms with van der Waals surface area (Å²) in [6, 6.07) is 8.06. The van der Waals surface area contributed by atoms with Gasteiger partial charge in [0, 0.05) is 44.2 Å². The first-order valence-electron chi connectivity index (χ1n) is 11.9. The first-order chi connectivity index (χ1) is 16.7. The maximum absolute atomic E-state index is 12.5. The third-order valence-electron chi connectivity index (χ3n) is 6.54. The maximum Gasteiger partial charge on any atom is 0.269 e. The lowest BCUT2D eigenvalue weighted by atomic mass is 10.0. The molecule has 1 saturated heterocycles. The quantitative estimate of drug-likeness (QED) is 0.528. The molecule has 1 fully saturated rings. The molecule has 0 amide bonds. The van der Waals surface area contributed by atoms with Gasteiger partial charge in [-0.15, -0.1) is 12.4 Å². The Morgan fingerprint density at radius 1 is 1.06 bits per heavy atom. The standard InChI is InChI=1S/C25H31N5O4.ClH/c1-32-20-3-4-21-22(14-20)30(25(31)17-28-21)10-9-29-7-5-18(6-8-29)26-15-19-13-23-24(16-27-19)34-12-2-11-33-23;/h3-4,13-14,16-18,26H,2,5-12,15H2,1H3;1H. The molecule has 35 heavy (non-hydrogen) atoms. The van der Waals surface area contributed by atoms with Gasteiger partial charge in [0.05, 0.1) is 49.4 Å². The Morgan fingerprint density at radius 3 is 2.66 bits per heavy atom. The molecule has 10 heteroatoms. The van der Waals surface area contributed by atoms with Crippen LogP contribution in [0.15, 0.2) is 41.5 Å². The topological polar surface area (TPSA) is 90.7 Å². The number of fused-ring (bicyclic) bond motifs is 2. The molecular formula is C25H32ClN5O4. The lowest BCUT2D eigenvalue weighted by Crippen LogP contribution is -2.43. The van der Waals surface area contributed by atoms with Crippen molar-refractivity contribution in [1.82, 2.24) is 24.8 Å². The second-order valence-electron chi connectivity index (χ2n) is 8.77. The molecule has 1 N–H and O–H groups in total. The predicted octanol–water partition coefficient (Wildman–Crippen LogP) is 2.64. The number of nitrogens with one attached hydrogen (secondary N) is 1. The number of rotatable bonds is 7. The van der Waals surface area contributed by atoms with Crippen molar-refractivity contribution in [2.45, 2.75) is 38.4 Å². The van der Waals surface area contributed by atoms with E-state index in [1.54, 1.807) is 17.9 Å². The largest absolute Gasteiger partial charge is 0.497 e. The van der Waals surface area contributed by atoms with Gasteiger partial charge in [0.15, 0.2) is 11.5 Å². The number of nitrogens with zero attached hydrogens (tertiary/aromatic N) is 4. The molecule has 4 heterocycles. The van der Waals surface area contributed by atoms with Crippen LogP contribution in [0, 0.1) is 0 Å². The predicted molar refractivity (Wildman–Crippen MR) is 136 cm³/mol. The van der Waals surface area contributed by atoms with E-state index in [1.165, 1.54) is 6.20 Å². The molecule has 188 valence electrons. The van der Waals surface area contributed by atoms with Gasteiger partial charge in [-0.05, 0) is 38.1 Å². The van der Waals surface area contributed by atoms with Crippen molar-refractivity contribution in [1.29, 1.82) is 0 Å². The van der Waals surface area contributed by atoms with E-state index in [0.29, 0.717) is 32.3 Å². The van der Waals surface area contributed by atoms with Gasteiger partial charge in [0.25, 0.3) is 5.56 Å². The van der Waals surface area contributed by atoms with Crippen LogP contribution in [-0.4, -0.2) is 65.4 Å². The lowest BCUT2D eigenvalue weighted by Gasteiger charge is -2.32. The summed E-state index contributed by atoms with van der Waals surface area (Å²) in [6.07, 6.45) is 6.18. The van der Waals surface area contributed by atoms with Gasteiger partial charge in [-0.25, -0.2) is 4.98 Å². The number of aromatic nitrogens is 3. The smallest absolute Gasteiger partial charge is 0.269 e. The van der Waals surface area contributed by atoms with Crippen LogP contribution in [0.25, 0.3) is 11.0 Å². The molecule has 0 saturated carbocycles. The summed E-state index contributed by atoms with van der Waals surface area (Å²) in [5.41, 5.74) is 2.49. The van der Waals surface area contributed by atoms with Crippen molar-refractivity contribution < 1.29 is 14.2 Å². The van der Waals surface area contributed by atoms with Crippen molar-refractivity contribution in [3.05, 3.63) is 52.7 Å². The van der Waals surface area contributed by atoms with Gasteiger partial charge in [0.1, 0.15) is 5.75 Å². The summed E-state index contributed by atoms with van der Waals surface area (Å²) in [5.74, 6) is 2.24. The summed E-state index contributed by atoms with van der Waals surface area (Å²) in [5, 5.41) is 3.64. The second kappa shape index (κ2) is 11.7. The monoisotopic (exact) mass is 501 g/mol. The second-order valence-corrected chi connectivity index (χ2v) is 8.77. The lowest BCUT2D eigenvalue weighted by molar-refractivity contribution is 0.191. The summed E-state index contributed by atoms with van der Waals surface area (Å²) in [6.45, 7) is 5.50. The third-order valence-corrected chi connectivity index (χ3v) is 6.54. The summed E-state index contributed by atoms with van der Waals surface area (Å²) >= 11 is 0. The molecule has 1 aromatic carbocycles. The Balaban J connectivity index is 0.00000289. The Bertz CT molecular complexity index is 1200. The fraction of sp³-hybridized carbons (Fsp3) is 0.480. The summed E-state index contributed by atoms with van der Waals surface area (Å²) in [7, 11) is 1.63. The molecule has 0 spiro atoms. The molecular weight excluding hydrogens is 470 g/mol. The van der Waals surface area contributed by atoms with E-state index in [1.807, 2.05) is 24.3 Å². The third kappa shape index (κ3) is 6.04. The SMILES string of the molecule is COc1ccc2ncc(=O)n(CCN3CCC(NCc4cc5c(cn4)OCCCO5)CC3)c2c1.Cl. The van der Waals surface area contributed by atoms with Crippen LogP contribution in [0.2, 0.25) is 0 Å². The fourth-order valence-electron chi connectivity index (χ4n) is 4.56. The van der Waals surface area contributed by atoms with E-state index in [4.69, 9.17) is 14.2 Å². The van der Waals surface area contributed by atoms with Crippen LogP contribution in [0.5, 0.6) is 17.2 Å². The zero-order chi connectivity index (χ0) is 23.3. The number of halogens is 1. The Hall–Kier alpha value is -2.88. The van der Waals surface area contributed by atoms with Crippen LogP contribution in [-0.2, 0) is 13.1 Å². The van der Waals surface area contributed by atoms with Crippen molar-refractivity contribution in [2.75, 3.05) is 40.0 Å². The van der Waals surface area contributed by atoms with Crippen LogP contribution < -0.4 is 25.1 Å². The maximum atomic E-state index is 12.5. The molecule has 0 aliphatic carbocycles. The fourth-order valence-corrected chi connectivity index (χ4v) is 4.56. The molecule has 5 rings (SSSR count). The Morgan fingerprint density at radius 2 is 1.86 bits per heavy atom. The number of methoxy groups -OCH3 is 1. The van der Waals surface area contributed by atoms with E-state index in [2.05, 4.69) is 20.2 Å². The first-order valence-corrected chi connectivity index (χ1v) is 11.9. The van der Waals surface area contributed by atoms with Crippen LogP contribution in [0.4, 0.5) is 0 Å². The minimum Gasteiger partial charge on any atom is -0.497 e. The van der Waals surface area contributed by atoms with Gasteiger partial charge in [-0.2, -0.15) is 0 Å². The minimum absolute atomic E-state index is 0. The Labute approximate surface area is 210 Å². The molecule has 0 radical (unpaired) electrons. The van der Waals surface area contributed by atoms with Gasteiger partial charge in [-0.3, -0.25) is 9.78 Å². The summed E-state index contributed by atoms with van der Waals surface area (Å²) in [4.78, 5) is 23.7. The highest BCUT2D eigenvalue weighted by Crippen LogP contribution is 2.29. The van der Waals surface area contributed by atoms with Gasteiger partial charge < -0.3 is 29.0 Å². The normalized spacial score (nSPS) is 16.5. The molecule has 0 bridgehead atoms. The molecule has 9 nitrogen and oxygen atoms in total. The molecule has 0 atom stereocenters. The van der Waals surface area contributed by atoms with Crippen molar-refractivity contribution >= 4 is 23.4 Å². The van der Waals surface area contributed by atoms with Gasteiger partial charge >= 0.3 is 0 Å². The molecule has 3 aromatic rings. The highest BCUT2D eigenvalue weighted by atomic mass is 35.5. The number of piperidine rings is 1. The minimum atomic E-state index is -0.0834. The zero-order valence-corrected chi connectivity index (χ0v) is 20.8. The van der Waals surface area contributed by atoms with Crippen molar-refractivity contribution in [3.63, 3.8) is 0 Å². The molecule has 0 unspecified atom stereocenters. The van der Waals surface area contributed by atoms with E-state index in [9.17, 15) is 4.79 Å². The molecule has 2 aliphatic heterocycles. The van der Waals surface area contributed by atoms with E-state index in [0.717, 1.165) is 72.9 Å². The van der Waals surface area contributed by atoms with Crippen LogP contribution in [0.1, 0.15) is 25.0 Å². The molecule has 2 aliphatic rings. The number of hydrogen-bond donors (Lipinski definition) is 1. The van der Waals surface area contributed by atoms with Crippen molar-refractivity contribution in [2.24, 2.45) is 0 Å². The number of hydrogen-bond acceptors (Lipinski definition) is 8. The van der Waals surface area contributed by atoms with E-state index >= 15 is 0 Å². The van der Waals surface area contributed by atoms with Crippen LogP contribution >= 0.6 is 12.4 Å². The number of likely N-dealkylation sites (tertiary alicyclic amines) is 1. The zero-order valence-electron chi connectivity index (χ0n) is 19.9. The first kappa shape index (κ1) is 25.2. The van der Waals surface area contributed by atoms with Gasteiger partial charge in [-0.1, -0.05) is 0 Å². The average Bonchev–Trinajstić information content (AvgIpc) is 3.12. The number of benzene rings is 1. The molecule has 2 aromatic heterocycles. The highest BCUT2D eigenvalue weighted by Gasteiger charge is 2.20. The van der Waals surface area contributed by atoms with Crippen molar-refractivity contribution in [3.8, 4) is 17.2 Å². The number of ether oxygens (including phenoxy) is 3. The summed E-state index contributed by atoms with van der Waals surface area (Å²) < 4.78 is 18.6. The van der Waals surface area contributed by atoms with E-state index < -0.39 is 0 Å². The Kier molecular flexibility index (Phi) is 8.43.